The number of rotatable bonds is 4. The molecule has 5 heteroatoms. The lowest BCUT2D eigenvalue weighted by atomic mass is 10.1. The third kappa shape index (κ3) is 3.59. The number of benzene rings is 2. The second-order valence-electron chi connectivity index (χ2n) is 4.39. The van der Waals surface area contributed by atoms with Gasteiger partial charge in [-0.05, 0) is 23.8 Å². The summed E-state index contributed by atoms with van der Waals surface area (Å²) in [6, 6.07) is 13.9. The summed E-state index contributed by atoms with van der Waals surface area (Å²) in [5.41, 5.74) is 7.52. The first-order chi connectivity index (χ1) is 9.60. The van der Waals surface area contributed by atoms with Crippen LogP contribution >= 0.6 is 15.9 Å². The molecule has 0 bridgehead atoms. The van der Waals surface area contributed by atoms with Crippen molar-refractivity contribution in [2.75, 3.05) is 12.3 Å². The van der Waals surface area contributed by atoms with E-state index in [4.69, 9.17) is 5.73 Å². The largest absolute Gasteiger partial charge is 0.399 e. The van der Waals surface area contributed by atoms with E-state index in [1.807, 2.05) is 30.3 Å². The fourth-order valence-electron chi connectivity index (χ4n) is 1.90. The van der Waals surface area contributed by atoms with Gasteiger partial charge >= 0.3 is 0 Å². The van der Waals surface area contributed by atoms with Gasteiger partial charge < -0.3 is 16.2 Å². The molecule has 1 atom stereocenters. The molecule has 0 spiro atoms. The van der Waals surface area contributed by atoms with Crippen LogP contribution in [0.5, 0.6) is 0 Å². The van der Waals surface area contributed by atoms with Gasteiger partial charge in [-0.1, -0.05) is 46.3 Å². The van der Waals surface area contributed by atoms with Crippen LogP contribution in [0.2, 0.25) is 0 Å². The normalized spacial score (nSPS) is 11.9. The fraction of sp³-hybridized carbons (Fsp3) is 0.133. The quantitative estimate of drug-likeness (QED) is 0.752. The van der Waals surface area contributed by atoms with Crippen LogP contribution in [0.3, 0.4) is 0 Å². The molecule has 0 aliphatic rings. The SMILES string of the molecule is Nc1cc(Br)cc(C(=O)N[C@@H](CO)c2ccccc2)c1. The van der Waals surface area contributed by atoms with Gasteiger partial charge in [0.25, 0.3) is 5.91 Å². The first kappa shape index (κ1) is 14.6. The molecule has 0 saturated heterocycles. The molecular weight excluding hydrogens is 320 g/mol. The Balaban J connectivity index is 2.17. The van der Waals surface area contributed by atoms with Crippen molar-refractivity contribution < 1.29 is 9.90 Å². The smallest absolute Gasteiger partial charge is 0.251 e. The first-order valence-corrected chi connectivity index (χ1v) is 6.92. The standard InChI is InChI=1S/C15H15BrN2O2/c16-12-6-11(7-13(17)8-12)15(20)18-14(9-19)10-4-2-1-3-5-10/h1-8,14,19H,9,17H2,(H,18,20)/t14-/m0/s1. The van der Waals surface area contributed by atoms with Gasteiger partial charge in [-0.15, -0.1) is 0 Å². The summed E-state index contributed by atoms with van der Waals surface area (Å²) < 4.78 is 0.739. The van der Waals surface area contributed by atoms with E-state index < -0.39 is 6.04 Å². The minimum Gasteiger partial charge on any atom is -0.399 e. The van der Waals surface area contributed by atoms with Crippen molar-refractivity contribution in [3.05, 3.63) is 64.1 Å². The fourth-order valence-corrected chi connectivity index (χ4v) is 2.42. The molecule has 104 valence electrons. The number of nitrogens with one attached hydrogen (secondary N) is 1. The van der Waals surface area contributed by atoms with Gasteiger partial charge in [-0.25, -0.2) is 0 Å². The highest BCUT2D eigenvalue weighted by Gasteiger charge is 2.15. The molecule has 0 heterocycles. The maximum Gasteiger partial charge on any atom is 0.251 e. The maximum atomic E-state index is 12.2. The van der Waals surface area contributed by atoms with Crippen LogP contribution < -0.4 is 11.1 Å². The highest BCUT2D eigenvalue weighted by Crippen LogP contribution is 2.18. The molecule has 4 N–H and O–H groups in total. The Hall–Kier alpha value is -1.85. The van der Waals surface area contributed by atoms with Crippen molar-refractivity contribution in [1.82, 2.24) is 5.32 Å². The van der Waals surface area contributed by atoms with Gasteiger partial charge in [0.15, 0.2) is 0 Å². The van der Waals surface area contributed by atoms with Crippen molar-refractivity contribution in [2.24, 2.45) is 0 Å². The Morgan fingerprint density at radius 3 is 2.55 bits per heavy atom. The predicted molar refractivity (Wildman–Crippen MR) is 82.3 cm³/mol. The second-order valence-corrected chi connectivity index (χ2v) is 5.31. The van der Waals surface area contributed by atoms with E-state index in [-0.39, 0.29) is 12.5 Å². The number of amides is 1. The Bertz CT molecular complexity index is 582. The zero-order valence-corrected chi connectivity index (χ0v) is 12.3. The summed E-state index contributed by atoms with van der Waals surface area (Å²) in [6.07, 6.45) is 0. The van der Waals surface area contributed by atoms with Crippen LogP contribution in [0.4, 0.5) is 5.69 Å². The molecule has 0 saturated carbocycles. The Kier molecular flexibility index (Phi) is 4.76. The van der Waals surface area contributed by atoms with Gasteiger partial charge in [0.1, 0.15) is 0 Å². The van der Waals surface area contributed by atoms with Crippen LogP contribution in [0.25, 0.3) is 0 Å². The van der Waals surface area contributed by atoms with E-state index in [1.54, 1.807) is 18.2 Å². The summed E-state index contributed by atoms with van der Waals surface area (Å²) in [5, 5.41) is 12.2. The molecule has 2 rings (SSSR count). The molecule has 0 unspecified atom stereocenters. The minimum atomic E-state index is -0.441. The molecule has 2 aromatic carbocycles. The van der Waals surface area contributed by atoms with Gasteiger partial charge in [0.2, 0.25) is 0 Å². The Morgan fingerprint density at radius 1 is 1.25 bits per heavy atom. The summed E-state index contributed by atoms with van der Waals surface area (Å²) in [7, 11) is 0. The van der Waals surface area contributed by atoms with E-state index in [9.17, 15) is 9.90 Å². The van der Waals surface area contributed by atoms with Gasteiger partial charge in [0.05, 0.1) is 12.6 Å². The third-order valence-electron chi connectivity index (χ3n) is 2.87. The van der Waals surface area contributed by atoms with Crippen LogP contribution in [-0.2, 0) is 0 Å². The van der Waals surface area contributed by atoms with E-state index >= 15 is 0 Å². The highest BCUT2D eigenvalue weighted by atomic mass is 79.9. The highest BCUT2D eigenvalue weighted by molar-refractivity contribution is 9.10. The van der Waals surface area contributed by atoms with Crippen molar-refractivity contribution in [3.8, 4) is 0 Å². The van der Waals surface area contributed by atoms with E-state index in [0.29, 0.717) is 11.3 Å². The zero-order valence-electron chi connectivity index (χ0n) is 10.7. The molecule has 0 aromatic heterocycles. The summed E-state index contributed by atoms with van der Waals surface area (Å²) in [4.78, 5) is 12.2. The lowest BCUT2D eigenvalue weighted by Crippen LogP contribution is -2.30. The average molecular weight is 335 g/mol. The summed E-state index contributed by atoms with van der Waals surface area (Å²) >= 11 is 3.30. The van der Waals surface area contributed by atoms with Crippen LogP contribution in [0.1, 0.15) is 22.0 Å². The molecule has 0 aliphatic heterocycles. The second kappa shape index (κ2) is 6.54. The molecule has 0 aliphatic carbocycles. The van der Waals surface area contributed by atoms with Gasteiger partial charge in [-0.3, -0.25) is 4.79 Å². The molecule has 2 aromatic rings. The number of nitrogen functional groups attached to an aromatic ring is 1. The van der Waals surface area contributed by atoms with Crippen LogP contribution in [0, 0.1) is 0 Å². The van der Waals surface area contributed by atoms with E-state index in [0.717, 1.165) is 10.0 Å². The topological polar surface area (TPSA) is 75.4 Å². The number of hydrogen-bond acceptors (Lipinski definition) is 3. The van der Waals surface area contributed by atoms with Crippen molar-refractivity contribution in [3.63, 3.8) is 0 Å². The number of halogens is 1. The predicted octanol–water partition coefficient (Wildman–Crippen LogP) is 2.49. The molecule has 1 amide bonds. The number of aliphatic hydroxyl groups excluding tert-OH is 1. The van der Waals surface area contributed by atoms with E-state index in [1.165, 1.54) is 0 Å². The third-order valence-corrected chi connectivity index (χ3v) is 3.33. The maximum absolute atomic E-state index is 12.2. The number of nitrogens with two attached hydrogens (primary N) is 1. The average Bonchev–Trinajstić information content (AvgIpc) is 2.44. The zero-order chi connectivity index (χ0) is 14.5. The number of anilines is 1. The molecule has 20 heavy (non-hydrogen) atoms. The summed E-state index contributed by atoms with van der Waals surface area (Å²) in [6.45, 7) is -0.167. The van der Waals surface area contributed by atoms with Crippen molar-refractivity contribution in [2.45, 2.75) is 6.04 Å². The van der Waals surface area contributed by atoms with Gasteiger partial charge in [-0.2, -0.15) is 0 Å². The number of hydrogen-bond donors (Lipinski definition) is 3. The molecule has 4 nitrogen and oxygen atoms in total. The number of aliphatic hydroxyl groups is 1. The van der Waals surface area contributed by atoms with Crippen LogP contribution in [0.15, 0.2) is 53.0 Å². The van der Waals surface area contributed by atoms with Crippen molar-refractivity contribution >= 4 is 27.5 Å². The van der Waals surface area contributed by atoms with Crippen LogP contribution in [-0.4, -0.2) is 17.6 Å². The van der Waals surface area contributed by atoms with Crippen molar-refractivity contribution in [1.29, 1.82) is 0 Å². The van der Waals surface area contributed by atoms with Gasteiger partial charge in [0, 0.05) is 15.7 Å². The minimum absolute atomic E-state index is 0.167. The van der Waals surface area contributed by atoms with E-state index in [2.05, 4.69) is 21.2 Å². The molecule has 0 radical (unpaired) electrons. The number of carbonyl (C=O) groups excluding carboxylic acids is 1. The Morgan fingerprint density at radius 2 is 1.95 bits per heavy atom. The lowest BCUT2D eigenvalue weighted by Gasteiger charge is -2.17. The number of carbonyl (C=O) groups is 1. The monoisotopic (exact) mass is 334 g/mol. The lowest BCUT2D eigenvalue weighted by molar-refractivity contribution is 0.0916. The molecular formula is C15H15BrN2O2. The first-order valence-electron chi connectivity index (χ1n) is 6.13. The molecule has 0 fully saturated rings. The summed E-state index contributed by atoms with van der Waals surface area (Å²) in [5.74, 6) is -0.277. The Labute approximate surface area is 125 Å².